The Balaban J connectivity index is 2.34. The van der Waals surface area contributed by atoms with Crippen LogP contribution in [0, 0.1) is 0 Å². The van der Waals surface area contributed by atoms with Crippen LogP contribution in [-0.2, 0) is 6.42 Å². The highest BCUT2D eigenvalue weighted by Crippen LogP contribution is 2.45. The molecule has 1 saturated carbocycles. The normalized spacial score (nSPS) is 16.4. The minimum atomic E-state index is 0.116. The van der Waals surface area contributed by atoms with Gasteiger partial charge in [-0.3, -0.25) is 0 Å². The molecule has 4 heteroatoms. The molecule has 0 heterocycles. The molecule has 3 nitrogen and oxygen atoms in total. The topological polar surface area (TPSA) is 44.5 Å². The van der Waals surface area contributed by atoms with Crippen LogP contribution in [0.1, 0.15) is 25.3 Å². The summed E-state index contributed by atoms with van der Waals surface area (Å²) in [5.41, 5.74) is 7.03. The summed E-state index contributed by atoms with van der Waals surface area (Å²) in [5, 5.41) is 0.745. The van der Waals surface area contributed by atoms with Gasteiger partial charge in [0.1, 0.15) is 11.5 Å². The zero-order chi connectivity index (χ0) is 13.1. The lowest BCUT2D eigenvalue weighted by atomic mass is 10.1. The summed E-state index contributed by atoms with van der Waals surface area (Å²) in [6.45, 7) is 2.01. The van der Waals surface area contributed by atoms with E-state index in [0.29, 0.717) is 0 Å². The van der Waals surface area contributed by atoms with Gasteiger partial charge in [0.15, 0.2) is 0 Å². The molecule has 0 spiro atoms. The van der Waals surface area contributed by atoms with Crippen molar-refractivity contribution in [2.75, 3.05) is 14.2 Å². The van der Waals surface area contributed by atoms with Crippen molar-refractivity contribution in [1.82, 2.24) is 0 Å². The van der Waals surface area contributed by atoms with Gasteiger partial charge in [0.05, 0.1) is 19.1 Å². The van der Waals surface area contributed by atoms with Crippen LogP contribution in [0.3, 0.4) is 0 Å². The highest BCUT2D eigenvalue weighted by molar-refractivity contribution is 8.00. The summed E-state index contributed by atoms with van der Waals surface area (Å²) in [5.74, 6) is 1.85. The molecule has 1 unspecified atom stereocenters. The molecule has 1 fully saturated rings. The first-order valence-electron chi connectivity index (χ1n) is 6.31. The fourth-order valence-corrected chi connectivity index (χ4v) is 3.17. The van der Waals surface area contributed by atoms with Gasteiger partial charge in [-0.15, -0.1) is 11.8 Å². The Morgan fingerprint density at radius 3 is 2.56 bits per heavy atom. The fraction of sp³-hybridized carbons (Fsp3) is 0.571. The van der Waals surface area contributed by atoms with E-state index in [9.17, 15) is 0 Å². The lowest BCUT2D eigenvalue weighted by Gasteiger charge is -2.16. The van der Waals surface area contributed by atoms with Gasteiger partial charge >= 0.3 is 0 Å². The van der Waals surface area contributed by atoms with Gasteiger partial charge in [-0.05, 0) is 38.3 Å². The monoisotopic (exact) mass is 268 g/mol. The second-order valence-electron chi connectivity index (χ2n) is 4.82. The number of hydrogen-bond donors (Lipinski definition) is 1. The molecule has 100 valence electrons. The van der Waals surface area contributed by atoms with Crippen LogP contribution in [0.15, 0.2) is 17.0 Å². The van der Waals surface area contributed by atoms with Crippen LogP contribution in [0.25, 0.3) is 0 Å². The average Bonchev–Trinajstić information content (AvgIpc) is 3.11. The fourth-order valence-electron chi connectivity index (χ4n) is 1.93. The third kappa shape index (κ3) is 3.33. The van der Waals surface area contributed by atoms with Crippen LogP contribution in [0.4, 0.5) is 0 Å². The van der Waals surface area contributed by atoms with Crippen LogP contribution < -0.4 is 15.2 Å². The van der Waals surface area contributed by atoms with Crippen molar-refractivity contribution in [3.05, 3.63) is 17.7 Å². The molecule has 0 aliphatic heterocycles. The smallest absolute Gasteiger partial charge is 0.135 e. The molecule has 0 saturated heterocycles. The number of thioether (sulfide) groups is 1. The maximum absolute atomic E-state index is 5.90. The van der Waals surface area contributed by atoms with Crippen LogP contribution in [-0.4, -0.2) is 25.5 Å². The molecule has 0 amide bonds. The van der Waals surface area contributed by atoms with Gasteiger partial charge in [-0.2, -0.15) is 0 Å². The molecule has 1 aliphatic rings. The first-order valence-corrected chi connectivity index (χ1v) is 7.19. The van der Waals surface area contributed by atoms with E-state index in [-0.39, 0.29) is 6.04 Å². The van der Waals surface area contributed by atoms with E-state index in [1.54, 1.807) is 14.2 Å². The Kier molecular flexibility index (Phi) is 4.40. The summed E-state index contributed by atoms with van der Waals surface area (Å²) in [6, 6.07) is 4.20. The number of hydrogen-bond acceptors (Lipinski definition) is 4. The molecule has 0 bridgehead atoms. The average molecular weight is 268 g/mol. The molecule has 0 aromatic heterocycles. The van der Waals surface area contributed by atoms with E-state index < -0.39 is 0 Å². The maximum Gasteiger partial charge on any atom is 0.135 e. The molecular weight excluding hydrogens is 247 g/mol. The van der Waals surface area contributed by atoms with Crippen molar-refractivity contribution >= 4 is 11.8 Å². The van der Waals surface area contributed by atoms with Crippen molar-refractivity contribution in [2.24, 2.45) is 5.73 Å². The molecule has 1 aromatic rings. The van der Waals surface area contributed by atoms with Crippen molar-refractivity contribution in [3.8, 4) is 11.5 Å². The largest absolute Gasteiger partial charge is 0.497 e. The second kappa shape index (κ2) is 5.85. The Morgan fingerprint density at radius 2 is 2.06 bits per heavy atom. The summed E-state index contributed by atoms with van der Waals surface area (Å²) in [4.78, 5) is 1.18. The predicted octanol–water partition coefficient (Wildman–Crippen LogP) is 2.85. The number of ether oxygens (including phenoxy) is 2. The third-order valence-corrected chi connectivity index (χ3v) is 4.27. The highest BCUT2D eigenvalue weighted by Gasteiger charge is 2.25. The van der Waals surface area contributed by atoms with E-state index in [4.69, 9.17) is 15.2 Å². The molecular formula is C14H21NO2S. The number of benzene rings is 1. The van der Waals surface area contributed by atoms with E-state index in [1.807, 2.05) is 24.8 Å². The second-order valence-corrected chi connectivity index (χ2v) is 6.16. The summed E-state index contributed by atoms with van der Waals surface area (Å²) < 4.78 is 10.9. The Hall–Kier alpha value is -0.870. The summed E-state index contributed by atoms with van der Waals surface area (Å²) in [6.07, 6.45) is 3.40. The number of nitrogens with two attached hydrogens (primary N) is 1. The van der Waals surface area contributed by atoms with E-state index in [0.717, 1.165) is 28.7 Å². The van der Waals surface area contributed by atoms with Gasteiger partial charge in [-0.1, -0.05) is 0 Å². The van der Waals surface area contributed by atoms with Crippen molar-refractivity contribution in [2.45, 2.75) is 42.4 Å². The van der Waals surface area contributed by atoms with Crippen LogP contribution >= 0.6 is 11.8 Å². The Morgan fingerprint density at radius 1 is 1.33 bits per heavy atom. The summed E-state index contributed by atoms with van der Waals surface area (Å²) >= 11 is 1.89. The first kappa shape index (κ1) is 13.6. The van der Waals surface area contributed by atoms with Crippen molar-refractivity contribution in [3.63, 3.8) is 0 Å². The molecule has 0 radical (unpaired) electrons. The zero-order valence-corrected chi connectivity index (χ0v) is 12.0. The zero-order valence-electron chi connectivity index (χ0n) is 11.2. The van der Waals surface area contributed by atoms with E-state index in [1.165, 1.54) is 17.7 Å². The predicted molar refractivity (Wildman–Crippen MR) is 75.8 cm³/mol. The van der Waals surface area contributed by atoms with Gasteiger partial charge < -0.3 is 15.2 Å². The standard InChI is InChI=1S/C14H21NO2S/c1-9(15)6-10-7-11(16-2)8-13(14(10)17-3)18-12-4-5-12/h7-9,12H,4-6,15H2,1-3H3/i7+1. The van der Waals surface area contributed by atoms with Crippen molar-refractivity contribution in [1.29, 1.82) is 0 Å². The number of rotatable bonds is 6. The lowest BCUT2D eigenvalue weighted by molar-refractivity contribution is 0.388. The molecule has 2 rings (SSSR count). The van der Waals surface area contributed by atoms with Gasteiger partial charge in [0.2, 0.25) is 0 Å². The van der Waals surface area contributed by atoms with Crippen molar-refractivity contribution < 1.29 is 9.47 Å². The molecule has 18 heavy (non-hydrogen) atoms. The Labute approximate surface area is 113 Å². The minimum absolute atomic E-state index is 0.116. The summed E-state index contributed by atoms with van der Waals surface area (Å²) in [7, 11) is 3.42. The van der Waals surface area contributed by atoms with E-state index in [2.05, 4.69) is 6.07 Å². The highest BCUT2D eigenvalue weighted by atomic mass is 32.2. The SMILES string of the molecule is COc1cc(SC2CC2)c(OC)c(CC(C)N)[13cH]1. The van der Waals surface area contributed by atoms with Crippen LogP contribution in [0.5, 0.6) is 11.5 Å². The molecule has 2 N–H and O–H groups in total. The van der Waals surface area contributed by atoms with Gasteiger partial charge in [0.25, 0.3) is 0 Å². The molecule has 1 atom stereocenters. The molecule has 1 aliphatic carbocycles. The quantitative estimate of drug-likeness (QED) is 0.861. The van der Waals surface area contributed by atoms with Gasteiger partial charge in [0, 0.05) is 16.9 Å². The third-order valence-electron chi connectivity index (χ3n) is 2.91. The van der Waals surface area contributed by atoms with Gasteiger partial charge in [-0.25, -0.2) is 0 Å². The minimum Gasteiger partial charge on any atom is -0.497 e. The van der Waals surface area contributed by atoms with Crippen LogP contribution in [0.2, 0.25) is 0 Å². The lowest BCUT2D eigenvalue weighted by Crippen LogP contribution is -2.18. The number of methoxy groups -OCH3 is 2. The first-order chi connectivity index (χ1) is 8.63. The Bertz CT molecular complexity index is 391. The van der Waals surface area contributed by atoms with E-state index >= 15 is 0 Å². The molecule has 1 aromatic carbocycles. The maximum atomic E-state index is 5.90.